The number of rotatable bonds is 6. The van der Waals surface area contributed by atoms with E-state index in [1.54, 1.807) is 6.20 Å². The summed E-state index contributed by atoms with van der Waals surface area (Å²) in [6.45, 7) is 4.11. The second-order valence-electron chi connectivity index (χ2n) is 4.45. The number of hydrogen-bond acceptors (Lipinski definition) is 6. The quantitative estimate of drug-likeness (QED) is 0.702. The highest BCUT2D eigenvalue weighted by Gasteiger charge is 2.01. The molecule has 1 heterocycles. The van der Waals surface area contributed by atoms with Gasteiger partial charge >= 0.3 is 0 Å². The van der Waals surface area contributed by atoms with Crippen molar-refractivity contribution < 1.29 is 0 Å². The molecule has 0 radical (unpaired) electrons. The molecule has 2 aromatic rings. The van der Waals surface area contributed by atoms with E-state index in [1.165, 1.54) is 11.9 Å². The number of nitrogens with two attached hydrogens (primary N) is 1. The molecule has 6 heteroatoms. The van der Waals surface area contributed by atoms with Crippen LogP contribution in [-0.4, -0.2) is 9.97 Å². The Morgan fingerprint density at radius 3 is 2.71 bits per heavy atom. The van der Waals surface area contributed by atoms with Crippen LogP contribution in [0.2, 0.25) is 0 Å². The zero-order chi connectivity index (χ0) is 15.1. The molecule has 0 aliphatic rings. The highest BCUT2D eigenvalue weighted by atomic mass is 32.2. The summed E-state index contributed by atoms with van der Waals surface area (Å²) < 4.78 is 0. The fourth-order valence-corrected chi connectivity index (χ4v) is 2.09. The molecule has 0 aliphatic heterocycles. The van der Waals surface area contributed by atoms with Crippen molar-refractivity contribution in [1.82, 2.24) is 9.97 Å². The summed E-state index contributed by atoms with van der Waals surface area (Å²) in [4.78, 5) is 9.66. The second kappa shape index (κ2) is 7.66. The van der Waals surface area contributed by atoms with E-state index >= 15 is 0 Å². The number of anilines is 3. The number of hydrogen-bond donors (Lipinski definition) is 3. The van der Waals surface area contributed by atoms with Crippen molar-refractivity contribution >= 4 is 29.4 Å². The summed E-state index contributed by atoms with van der Waals surface area (Å²) in [7, 11) is 0. The van der Waals surface area contributed by atoms with Gasteiger partial charge in [0.15, 0.2) is 0 Å². The molecule has 5 nitrogen and oxygen atoms in total. The van der Waals surface area contributed by atoms with Gasteiger partial charge in [0.2, 0.25) is 5.95 Å². The van der Waals surface area contributed by atoms with Gasteiger partial charge in [-0.05, 0) is 55.6 Å². The summed E-state index contributed by atoms with van der Waals surface area (Å²) in [6, 6.07) is 9.63. The van der Waals surface area contributed by atoms with Crippen LogP contribution in [0.1, 0.15) is 20.3 Å². The van der Waals surface area contributed by atoms with E-state index < -0.39 is 0 Å². The zero-order valence-electron chi connectivity index (χ0n) is 12.1. The van der Waals surface area contributed by atoms with Crippen LogP contribution in [0.5, 0.6) is 0 Å². The van der Waals surface area contributed by atoms with E-state index in [0.717, 1.165) is 28.5 Å². The lowest BCUT2D eigenvalue weighted by molar-refractivity contribution is 1.13. The Labute approximate surface area is 129 Å². The van der Waals surface area contributed by atoms with Gasteiger partial charge in [0, 0.05) is 22.5 Å². The van der Waals surface area contributed by atoms with Gasteiger partial charge in [0.25, 0.3) is 0 Å². The van der Waals surface area contributed by atoms with Crippen molar-refractivity contribution in [1.29, 1.82) is 0 Å². The van der Waals surface area contributed by atoms with E-state index in [-0.39, 0.29) is 0 Å². The van der Waals surface area contributed by atoms with Crippen molar-refractivity contribution in [3.63, 3.8) is 0 Å². The number of nitrogens with one attached hydrogen (secondary N) is 2. The Balaban J connectivity index is 2.08. The summed E-state index contributed by atoms with van der Waals surface area (Å²) in [6.07, 6.45) is 4.82. The minimum absolute atomic E-state index is 0.553. The third-order valence-corrected chi connectivity index (χ3v) is 3.28. The van der Waals surface area contributed by atoms with Crippen LogP contribution in [0.3, 0.4) is 0 Å². The van der Waals surface area contributed by atoms with E-state index in [0.29, 0.717) is 5.95 Å². The van der Waals surface area contributed by atoms with Gasteiger partial charge < -0.3 is 10.6 Å². The van der Waals surface area contributed by atoms with Crippen LogP contribution in [0.4, 0.5) is 17.5 Å². The molecular formula is C15H19N5S. The van der Waals surface area contributed by atoms with Crippen molar-refractivity contribution in [3.05, 3.63) is 48.3 Å². The Morgan fingerprint density at radius 2 is 2.05 bits per heavy atom. The normalized spacial score (nSPS) is 11.3. The van der Waals surface area contributed by atoms with Crippen LogP contribution < -0.4 is 15.8 Å². The molecule has 2 rings (SSSR count). The van der Waals surface area contributed by atoms with Gasteiger partial charge in [-0.3, -0.25) is 5.14 Å². The standard InChI is InChI=1S/C15H19N5S/c1-3-4-11(2)18-14-9-10-17-15(20-14)19-12-5-7-13(21-16)8-6-12/h4-10H,3,16H2,1-2H3,(H2,17,18,19,20)/b11-4+. The summed E-state index contributed by atoms with van der Waals surface area (Å²) in [5.74, 6) is 1.32. The number of benzene rings is 1. The average molecular weight is 301 g/mol. The molecule has 1 aromatic carbocycles. The van der Waals surface area contributed by atoms with Gasteiger partial charge in [0.05, 0.1) is 0 Å². The van der Waals surface area contributed by atoms with Gasteiger partial charge in [-0.1, -0.05) is 13.0 Å². The topological polar surface area (TPSA) is 75.9 Å². The third kappa shape index (κ3) is 4.77. The molecular weight excluding hydrogens is 282 g/mol. The van der Waals surface area contributed by atoms with E-state index in [4.69, 9.17) is 5.14 Å². The zero-order valence-corrected chi connectivity index (χ0v) is 12.9. The van der Waals surface area contributed by atoms with Crippen molar-refractivity contribution in [2.45, 2.75) is 25.2 Å². The molecule has 110 valence electrons. The molecule has 0 spiro atoms. The molecule has 0 saturated heterocycles. The Hall–Kier alpha value is -2.05. The molecule has 0 saturated carbocycles. The van der Waals surface area contributed by atoms with E-state index in [1.807, 2.05) is 37.3 Å². The van der Waals surface area contributed by atoms with Crippen LogP contribution in [-0.2, 0) is 0 Å². The number of aromatic nitrogens is 2. The Bertz CT molecular complexity index is 610. The lowest BCUT2D eigenvalue weighted by atomic mass is 10.3. The first-order valence-corrected chi connectivity index (χ1v) is 7.60. The molecule has 4 N–H and O–H groups in total. The second-order valence-corrected chi connectivity index (χ2v) is 5.16. The molecule has 21 heavy (non-hydrogen) atoms. The number of nitrogens with zero attached hydrogens (tertiary/aromatic N) is 2. The smallest absolute Gasteiger partial charge is 0.229 e. The maximum absolute atomic E-state index is 5.50. The molecule has 1 aromatic heterocycles. The molecule has 0 aliphatic carbocycles. The van der Waals surface area contributed by atoms with Crippen LogP contribution >= 0.6 is 11.9 Å². The molecule has 0 bridgehead atoms. The maximum atomic E-state index is 5.50. The van der Waals surface area contributed by atoms with Gasteiger partial charge in [-0.15, -0.1) is 0 Å². The largest absolute Gasteiger partial charge is 0.344 e. The number of allylic oxidation sites excluding steroid dienone is 2. The predicted octanol–water partition coefficient (Wildman–Crippen LogP) is 3.91. The average Bonchev–Trinajstić information content (AvgIpc) is 2.48. The predicted molar refractivity (Wildman–Crippen MR) is 89.5 cm³/mol. The fourth-order valence-electron chi connectivity index (χ4n) is 1.79. The molecule has 0 fully saturated rings. The fraction of sp³-hybridized carbons (Fsp3) is 0.200. The van der Waals surface area contributed by atoms with Crippen molar-refractivity contribution in [3.8, 4) is 0 Å². The lowest BCUT2D eigenvalue weighted by Crippen LogP contribution is -2.02. The SMILES string of the molecule is CC/C=C(\C)Nc1ccnc(Nc2ccc(SN)cc2)n1. The van der Waals surface area contributed by atoms with Crippen molar-refractivity contribution in [2.24, 2.45) is 5.14 Å². The van der Waals surface area contributed by atoms with Crippen LogP contribution in [0, 0.1) is 0 Å². The first-order chi connectivity index (χ1) is 10.2. The maximum Gasteiger partial charge on any atom is 0.229 e. The molecule has 0 atom stereocenters. The lowest BCUT2D eigenvalue weighted by Gasteiger charge is -2.09. The monoisotopic (exact) mass is 301 g/mol. The highest BCUT2D eigenvalue weighted by Crippen LogP contribution is 2.18. The summed E-state index contributed by atoms with van der Waals surface area (Å²) in [5.41, 5.74) is 2.00. The molecule has 0 unspecified atom stereocenters. The van der Waals surface area contributed by atoms with Gasteiger partial charge in [-0.25, -0.2) is 4.98 Å². The first-order valence-electron chi connectivity index (χ1n) is 6.72. The van der Waals surface area contributed by atoms with Crippen LogP contribution in [0.15, 0.2) is 53.2 Å². The highest BCUT2D eigenvalue weighted by molar-refractivity contribution is 7.97. The minimum atomic E-state index is 0.553. The minimum Gasteiger partial charge on any atom is -0.344 e. The molecule has 0 amide bonds. The summed E-state index contributed by atoms with van der Waals surface area (Å²) in [5, 5.41) is 11.9. The van der Waals surface area contributed by atoms with E-state index in [2.05, 4.69) is 33.6 Å². The first kappa shape index (κ1) is 15.3. The third-order valence-electron chi connectivity index (χ3n) is 2.74. The van der Waals surface area contributed by atoms with E-state index in [9.17, 15) is 0 Å². The summed E-state index contributed by atoms with van der Waals surface area (Å²) >= 11 is 1.22. The van der Waals surface area contributed by atoms with Gasteiger partial charge in [-0.2, -0.15) is 4.98 Å². The Kier molecular flexibility index (Phi) is 5.59. The Morgan fingerprint density at radius 1 is 1.29 bits per heavy atom. The van der Waals surface area contributed by atoms with Crippen LogP contribution in [0.25, 0.3) is 0 Å². The van der Waals surface area contributed by atoms with Crippen molar-refractivity contribution in [2.75, 3.05) is 10.6 Å². The van der Waals surface area contributed by atoms with Gasteiger partial charge in [0.1, 0.15) is 5.82 Å².